The van der Waals surface area contributed by atoms with Gasteiger partial charge in [0.15, 0.2) is 5.82 Å². The molecule has 1 aromatic carbocycles. The van der Waals surface area contributed by atoms with Gasteiger partial charge in [0.1, 0.15) is 17.9 Å². The van der Waals surface area contributed by atoms with Gasteiger partial charge in [0.05, 0.1) is 14.9 Å². The SMILES string of the molecule is Nc1ncccc1C(CC(F)F)NCCOc1nc2c(F)c(Br)c(Cl)cc2c(=O)[nH]1. The molecule has 1 atom stereocenters. The number of rotatable bonds is 8. The molecule has 0 aliphatic heterocycles. The average molecular weight is 507 g/mol. The fraction of sp³-hybridized carbons (Fsp3) is 0.278. The summed E-state index contributed by atoms with van der Waals surface area (Å²) in [7, 11) is 0. The van der Waals surface area contributed by atoms with Crippen LogP contribution in [0.15, 0.2) is 33.7 Å². The molecule has 3 aromatic rings. The van der Waals surface area contributed by atoms with Gasteiger partial charge in [0.2, 0.25) is 6.43 Å². The van der Waals surface area contributed by atoms with Crippen LogP contribution >= 0.6 is 27.5 Å². The Kier molecular flexibility index (Phi) is 7.16. The van der Waals surface area contributed by atoms with Gasteiger partial charge >= 0.3 is 0 Å². The Morgan fingerprint density at radius 3 is 2.87 bits per heavy atom. The summed E-state index contributed by atoms with van der Waals surface area (Å²) in [6.45, 7) is 0.0883. The number of aromatic amines is 1. The Morgan fingerprint density at radius 1 is 1.40 bits per heavy atom. The summed E-state index contributed by atoms with van der Waals surface area (Å²) in [5.74, 6) is -0.646. The van der Waals surface area contributed by atoms with E-state index >= 15 is 0 Å². The number of halogens is 5. The summed E-state index contributed by atoms with van der Waals surface area (Å²) >= 11 is 8.85. The van der Waals surface area contributed by atoms with Crippen molar-refractivity contribution >= 4 is 44.3 Å². The van der Waals surface area contributed by atoms with Crippen LogP contribution in [-0.4, -0.2) is 34.5 Å². The first-order valence-electron chi connectivity index (χ1n) is 8.70. The van der Waals surface area contributed by atoms with Gasteiger partial charge < -0.3 is 15.8 Å². The molecule has 0 fully saturated rings. The number of benzene rings is 1. The summed E-state index contributed by atoms with van der Waals surface area (Å²) in [6, 6.07) is 3.53. The van der Waals surface area contributed by atoms with E-state index in [1.807, 2.05) is 0 Å². The molecule has 30 heavy (non-hydrogen) atoms. The second kappa shape index (κ2) is 9.63. The number of H-pyrrole nitrogens is 1. The molecule has 160 valence electrons. The third kappa shape index (κ3) is 5.02. The standard InChI is InChI=1S/C18H16BrClF3N5O2/c19-13-10(20)6-9-15(14(13)23)27-18(28-17(9)29)30-5-4-25-11(7-12(21)22)8-2-1-3-26-16(8)24/h1-3,6,11-12,25H,4-5,7H2,(H2,24,26)(H,27,28,29). The third-order valence-corrected chi connectivity index (χ3v) is 5.51. The van der Waals surface area contributed by atoms with E-state index in [1.54, 1.807) is 12.1 Å². The molecule has 0 amide bonds. The normalized spacial score (nSPS) is 12.5. The third-order valence-electron chi connectivity index (χ3n) is 4.21. The summed E-state index contributed by atoms with van der Waals surface area (Å²) in [4.78, 5) is 22.4. The first-order chi connectivity index (χ1) is 14.3. The zero-order valence-corrected chi connectivity index (χ0v) is 17.6. The van der Waals surface area contributed by atoms with Crippen LogP contribution in [0.5, 0.6) is 6.01 Å². The molecule has 7 nitrogen and oxygen atoms in total. The van der Waals surface area contributed by atoms with Crippen LogP contribution in [-0.2, 0) is 0 Å². The summed E-state index contributed by atoms with van der Waals surface area (Å²) in [6.07, 6.45) is -1.57. The van der Waals surface area contributed by atoms with Crippen LogP contribution in [0.2, 0.25) is 5.02 Å². The van der Waals surface area contributed by atoms with Crippen LogP contribution in [0.3, 0.4) is 0 Å². The number of fused-ring (bicyclic) bond motifs is 1. The lowest BCUT2D eigenvalue weighted by Gasteiger charge is -2.20. The minimum absolute atomic E-state index is 0.0220. The maximum Gasteiger partial charge on any atom is 0.297 e. The lowest BCUT2D eigenvalue weighted by molar-refractivity contribution is 0.121. The number of hydrogen-bond acceptors (Lipinski definition) is 6. The molecule has 0 saturated heterocycles. The second-order valence-corrected chi connectivity index (χ2v) is 7.41. The number of nitrogens with zero attached hydrogens (tertiary/aromatic N) is 2. The molecule has 0 spiro atoms. The molecule has 12 heteroatoms. The fourth-order valence-electron chi connectivity index (χ4n) is 2.83. The largest absolute Gasteiger partial charge is 0.463 e. The Hall–Kier alpha value is -2.37. The molecule has 2 heterocycles. The van der Waals surface area contributed by atoms with Crippen molar-refractivity contribution in [2.45, 2.75) is 18.9 Å². The summed E-state index contributed by atoms with van der Waals surface area (Å²) in [5, 5.41) is 2.91. The Labute approximate surface area is 181 Å². The van der Waals surface area contributed by atoms with E-state index in [2.05, 4.69) is 36.2 Å². The van der Waals surface area contributed by atoms with Crippen LogP contribution in [0, 0.1) is 5.82 Å². The number of nitrogens with two attached hydrogens (primary N) is 1. The van der Waals surface area contributed by atoms with Crippen LogP contribution in [0.1, 0.15) is 18.0 Å². The first-order valence-corrected chi connectivity index (χ1v) is 9.87. The predicted molar refractivity (Wildman–Crippen MR) is 111 cm³/mol. The first kappa shape index (κ1) is 22.3. The molecular weight excluding hydrogens is 491 g/mol. The molecule has 0 bridgehead atoms. The monoisotopic (exact) mass is 505 g/mol. The molecule has 1 unspecified atom stereocenters. The van der Waals surface area contributed by atoms with E-state index in [0.29, 0.717) is 5.56 Å². The average Bonchev–Trinajstić information content (AvgIpc) is 2.70. The fourth-order valence-corrected chi connectivity index (χ4v) is 3.33. The van der Waals surface area contributed by atoms with Gasteiger partial charge in [-0.2, -0.15) is 4.98 Å². The predicted octanol–water partition coefficient (Wildman–Crippen LogP) is 3.82. The highest BCUT2D eigenvalue weighted by Crippen LogP contribution is 2.30. The van der Waals surface area contributed by atoms with Crippen LogP contribution < -0.4 is 21.3 Å². The van der Waals surface area contributed by atoms with Gasteiger partial charge in [-0.3, -0.25) is 9.78 Å². The molecule has 3 rings (SSSR count). The number of nitrogens with one attached hydrogen (secondary N) is 2. The smallest absolute Gasteiger partial charge is 0.297 e. The Morgan fingerprint density at radius 2 is 2.17 bits per heavy atom. The van der Waals surface area contributed by atoms with E-state index in [1.165, 1.54) is 12.3 Å². The van der Waals surface area contributed by atoms with E-state index in [-0.39, 0.29) is 45.4 Å². The number of ether oxygens (including phenoxy) is 1. The maximum atomic E-state index is 14.4. The van der Waals surface area contributed by atoms with E-state index in [9.17, 15) is 18.0 Å². The van der Waals surface area contributed by atoms with Crippen molar-refractivity contribution in [1.29, 1.82) is 0 Å². The maximum absolute atomic E-state index is 14.4. The van der Waals surface area contributed by atoms with Gasteiger partial charge in [0, 0.05) is 30.8 Å². The van der Waals surface area contributed by atoms with Crippen molar-refractivity contribution in [1.82, 2.24) is 20.3 Å². The quantitative estimate of drug-likeness (QED) is 0.317. The number of nitrogen functional groups attached to an aromatic ring is 1. The van der Waals surface area contributed by atoms with Crippen molar-refractivity contribution in [3.8, 4) is 6.01 Å². The highest BCUT2D eigenvalue weighted by Gasteiger charge is 2.20. The van der Waals surface area contributed by atoms with Gasteiger partial charge in [0.25, 0.3) is 11.6 Å². The number of anilines is 1. The number of alkyl halides is 2. The van der Waals surface area contributed by atoms with Gasteiger partial charge in [-0.1, -0.05) is 17.7 Å². The number of pyridine rings is 1. The summed E-state index contributed by atoms with van der Waals surface area (Å²) < 4.78 is 45.6. The van der Waals surface area contributed by atoms with Gasteiger partial charge in [-0.25, -0.2) is 18.2 Å². The van der Waals surface area contributed by atoms with Gasteiger partial charge in [-0.15, -0.1) is 0 Å². The molecule has 0 aliphatic carbocycles. The zero-order valence-electron chi connectivity index (χ0n) is 15.3. The Balaban J connectivity index is 1.70. The van der Waals surface area contributed by atoms with Crippen molar-refractivity contribution in [3.05, 3.63) is 55.6 Å². The highest BCUT2D eigenvalue weighted by molar-refractivity contribution is 9.10. The minimum atomic E-state index is -2.56. The summed E-state index contributed by atoms with van der Waals surface area (Å²) in [5.41, 5.74) is 5.38. The topological polar surface area (TPSA) is 106 Å². The molecular formula is C18H16BrClF3N5O2. The zero-order chi connectivity index (χ0) is 21.8. The van der Waals surface area contributed by atoms with E-state index < -0.39 is 30.3 Å². The van der Waals surface area contributed by atoms with Crippen molar-refractivity contribution in [3.63, 3.8) is 0 Å². The lowest BCUT2D eigenvalue weighted by atomic mass is 10.0. The van der Waals surface area contributed by atoms with Crippen molar-refractivity contribution < 1.29 is 17.9 Å². The molecule has 0 aliphatic rings. The van der Waals surface area contributed by atoms with Crippen molar-refractivity contribution in [2.24, 2.45) is 0 Å². The lowest BCUT2D eigenvalue weighted by Crippen LogP contribution is -2.29. The molecule has 4 N–H and O–H groups in total. The van der Waals surface area contributed by atoms with Gasteiger partial charge in [-0.05, 0) is 28.1 Å². The number of hydrogen-bond donors (Lipinski definition) is 3. The second-order valence-electron chi connectivity index (χ2n) is 6.21. The number of aromatic nitrogens is 3. The Bertz CT molecular complexity index is 1120. The van der Waals surface area contributed by atoms with Crippen molar-refractivity contribution in [2.75, 3.05) is 18.9 Å². The molecule has 2 aromatic heterocycles. The van der Waals surface area contributed by atoms with E-state index in [4.69, 9.17) is 22.1 Å². The molecule has 0 saturated carbocycles. The van der Waals surface area contributed by atoms with Crippen LogP contribution in [0.4, 0.5) is 19.0 Å². The minimum Gasteiger partial charge on any atom is -0.463 e. The highest BCUT2D eigenvalue weighted by atomic mass is 79.9. The van der Waals surface area contributed by atoms with E-state index in [0.717, 1.165) is 0 Å². The van der Waals surface area contributed by atoms with Crippen LogP contribution in [0.25, 0.3) is 10.9 Å². The molecule has 0 radical (unpaired) electrons.